The molecule has 0 atom stereocenters. The molecule has 110 valence electrons. The molecular weight excluding hydrogens is 342 g/mol. The molecule has 0 bridgehead atoms. The molecule has 0 saturated carbocycles. The van der Waals surface area contributed by atoms with Crippen molar-refractivity contribution in [3.05, 3.63) is 76.4 Å². The van der Waals surface area contributed by atoms with Gasteiger partial charge < -0.3 is 5.32 Å². The summed E-state index contributed by atoms with van der Waals surface area (Å²) in [5.41, 5.74) is 2.52. The maximum atomic E-state index is 12.3. The van der Waals surface area contributed by atoms with Crippen molar-refractivity contribution in [2.75, 3.05) is 5.32 Å². The second kappa shape index (κ2) is 6.15. The van der Waals surface area contributed by atoms with E-state index in [9.17, 15) is 4.79 Å². The SMILES string of the molecule is Cc1ccccc1C(=O)Nc1ccn(-c2ccc(Br)cc2)n1. The summed E-state index contributed by atoms with van der Waals surface area (Å²) in [5.74, 6) is 0.371. The number of aromatic nitrogens is 2. The third-order valence-electron chi connectivity index (χ3n) is 3.31. The Morgan fingerprint density at radius 1 is 1.09 bits per heavy atom. The Hall–Kier alpha value is -2.40. The Balaban J connectivity index is 1.78. The molecular formula is C17H14BrN3O. The van der Waals surface area contributed by atoms with E-state index in [2.05, 4.69) is 26.3 Å². The van der Waals surface area contributed by atoms with Gasteiger partial charge in [-0.3, -0.25) is 4.79 Å². The zero-order valence-electron chi connectivity index (χ0n) is 12.0. The number of halogens is 1. The van der Waals surface area contributed by atoms with E-state index in [1.807, 2.05) is 55.6 Å². The molecule has 3 rings (SSSR count). The van der Waals surface area contributed by atoms with Crippen molar-refractivity contribution < 1.29 is 4.79 Å². The van der Waals surface area contributed by atoms with Crippen molar-refractivity contribution in [1.82, 2.24) is 9.78 Å². The highest BCUT2D eigenvalue weighted by molar-refractivity contribution is 9.10. The Bertz CT molecular complexity index is 809. The third kappa shape index (κ3) is 3.09. The standard InChI is InChI=1S/C17H14BrN3O/c1-12-4-2-3-5-15(12)17(22)19-16-10-11-21(20-16)14-8-6-13(18)7-9-14/h2-11H,1H3,(H,19,20,22). The first-order valence-electron chi connectivity index (χ1n) is 6.82. The van der Waals surface area contributed by atoms with Gasteiger partial charge in [-0.1, -0.05) is 34.1 Å². The number of carbonyl (C=O) groups excluding carboxylic acids is 1. The summed E-state index contributed by atoms with van der Waals surface area (Å²) in [5, 5.41) is 7.20. The second-order valence-electron chi connectivity index (χ2n) is 4.89. The van der Waals surface area contributed by atoms with Crippen molar-refractivity contribution in [1.29, 1.82) is 0 Å². The molecule has 0 unspecified atom stereocenters. The van der Waals surface area contributed by atoms with Gasteiger partial charge in [0.05, 0.1) is 5.69 Å². The summed E-state index contributed by atoms with van der Waals surface area (Å²) in [6, 6.07) is 17.0. The van der Waals surface area contributed by atoms with Crippen LogP contribution in [0.15, 0.2) is 65.3 Å². The monoisotopic (exact) mass is 355 g/mol. The van der Waals surface area contributed by atoms with Crippen LogP contribution in [0.2, 0.25) is 0 Å². The lowest BCUT2D eigenvalue weighted by Crippen LogP contribution is -2.13. The van der Waals surface area contributed by atoms with Crippen LogP contribution in [0.3, 0.4) is 0 Å². The Kier molecular flexibility index (Phi) is 4.06. The molecule has 0 radical (unpaired) electrons. The van der Waals surface area contributed by atoms with Gasteiger partial charge in [0.2, 0.25) is 0 Å². The number of carbonyl (C=O) groups is 1. The van der Waals surface area contributed by atoms with E-state index in [1.165, 1.54) is 0 Å². The predicted molar refractivity (Wildman–Crippen MR) is 90.4 cm³/mol. The largest absolute Gasteiger partial charge is 0.305 e. The molecule has 0 aliphatic carbocycles. The smallest absolute Gasteiger partial charge is 0.257 e. The zero-order valence-corrected chi connectivity index (χ0v) is 13.5. The van der Waals surface area contributed by atoms with Gasteiger partial charge in [0.15, 0.2) is 5.82 Å². The van der Waals surface area contributed by atoms with E-state index in [0.717, 1.165) is 15.7 Å². The summed E-state index contributed by atoms with van der Waals surface area (Å²) in [7, 11) is 0. The number of nitrogens with zero attached hydrogens (tertiary/aromatic N) is 2. The Morgan fingerprint density at radius 3 is 2.55 bits per heavy atom. The number of hydrogen-bond acceptors (Lipinski definition) is 2. The lowest BCUT2D eigenvalue weighted by Gasteiger charge is -2.05. The van der Waals surface area contributed by atoms with Crippen molar-refractivity contribution >= 4 is 27.7 Å². The molecule has 2 aromatic carbocycles. The summed E-state index contributed by atoms with van der Waals surface area (Å²) in [4.78, 5) is 12.3. The van der Waals surface area contributed by atoms with Crippen LogP contribution in [0, 0.1) is 6.92 Å². The molecule has 0 aliphatic heterocycles. The number of aryl methyl sites for hydroxylation is 1. The zero-order chi connectivity index (χ0) is 15.5. The highest BCUT2D eigenvalue weighted by atomic mass is 79.9. The highest BCUT2D eigenvalue weighted by Crippen LogP contribution is 2.16. The fraction of sp³-hybridized carbons (Fsp3) is 0.0588. The van der Waals surface area contributed by atoms with Gasteiger partial charge in [0, 0.05) is 22.3 Å². The molecule has 0 spiro atoms. The first kappa shape index (κ1) is 14.5. The van der Waals surface area contributed by atoms with Gasteiger partial charge in [-0.15, -0.1) is 0 Å². The highest BCUT2D eigenvalue weighted by Gasteiger charge is 2.10. The minimum Gasteiger partial charge on any atom is -0.305 e. The molecule has 1 amide bonds. The minimum atomic E-state index is -0.154. The van der Waals surface area contributed by atoms with Crippen molar-refractivity contribution in [3.63, 3.8) is 0 Å². The van der Waals surface area contributed by atoms with E-state index < -0.39 is 0 Å². The summed E-state index contributed by atoms with van der Waals surface area (Å²) >= 11 is 3.40. The maximum absolute atomic E-state index is 12.3. The van der Waals surface area contributed by atoms with Crippen LogP contribution >= 0.6 is 15.9 Å². The van der Waals surface area contributed by atoms with Gasteiger partial charge in [0.1, 0.15) is 0 Å². The molecule has 3 aromatic rings. The lowest BCUT2D eigenvalue weighted by atomic mass is 10.1. The van der Waals surface area contributed by atoms with E-state index in [0.29, 0.717) is 11.4 Å². The maximum Gasteiger partial charge on any atom is 0.257 e. The van der Waals surface area contributed by atoms with Crippen LogP contribution in [0.5, 0.6) is 0 Å². The van der Waals surface area contributed by atoms with Gasteiger partial charge in [0.25, 0.3) is 5.91 Å². The van der Waals surface area contributed by atoms with Crippen LogP contribution in [0.1, 0.15) is 15.9 Å². The summed E-state index contributed by atoms with van der Waals surface area (Å²) < 4.78 is 2.73. The van der Waals surface area contributed by atoms with E-state index in [1.54, 1.807) is 16.8 Å². The van der Waals surface area contributed by atoms with E-state index in [4.69, 9.17) is 0 Å². The van der Waals surface area contributed by atoms with Gasteiger partial charge in [-0.2, -0.15) is 5.10 Å². The third-order valence-corrected chi connectivity index (χ3v) is 3.84. The van der Waals surface area contributed by atoms with Crippen LogP contribution in [-0.2, 0) is 0 Å². The first-order valence-corrected chi connectivity index (χ1v) is 7.61. The predicted octanol–water partition coefficient (Wildman–Crippen LogP) is 4.20. The molecule has 1 aromatic heterocycles. The number of nitrogens with one attached hydrogen (secondary N) is 1. The van der Waals surface area contributed by atoms with Crippen molar-refractivity contribution in [2.24, 2.45) is 0 Å². The normalized spacial score (nSPS) is 10.5. The van der Waals surface area contributed by atoms with Crippen LogP contribution in [0.25, 0.3) is 5.69 Å². The van der Waals surface area contributed by atoms with Gasteiger partial charge in [-0.25, -0.2) is 4.68 Å². The second-order valence-corrected chi connectivity index (χ2v) is 5.81. The topological polar surface area (TPSA) is 46.9 Å². The van der Waals surface area contributed by atoms with E-state index in [-0.39, 0.29) is 5.91 Å². The molecule has 22 heavy (non-hydrogen) atoms. The molecule has 1 heterocycles. The first-order chi connectivity index (χ1) is 10.6. The fourth-order valence-corrected chi connectivity index (χ4v) is 2.40. The molecule has 0 fully saturated rings. The lowest BCUT2D eigenvalue weighted by molar-refractivity contribution is 0.102. The average Bonchev–Trinajstić information content (AvgIpc) is 2.97. The summed E-state index contributed by atoms with van der Waals surface area (Å²) in [6.07, 6.45) is 1.82. The van der Waals surface area contributed by atoms with Crippen molar-refractivity contribution in [3.8, 4) is 5.69 Å². The van der Waals surface area contributed by atoms with Gasteiger partial charge >= 0.3 is 0 Å². The number of rotatable bonds is 3. The Labute approximate surface area is 136 Å². The quantitative estimate of drug-likeness (QED) is 0.765. The fourth-order valence-electron chi connectivity index (χ4n) is 2.14. The number of hydrogen-bond donors (Lipinski definition) is 1. The molecule has 4 nitrogen and oxygen atoms in total. The van der Waals surface area contributed by atoms with Crippen LogP contribution < -0.4 is 5.32 Å². The van der Waals surface area contributed by atoms with Crippen LogP contribution in [0.4, 0.5) is 5.82 Å². The Morgan fingerprint density at radius 2 is 1.82 bits per heavy atom. The molecule has 1 N–H and O–H groups in total. The molecule has 5 heteroatoms. The number of anilines is 1. The molecule has 0 aliphatic rings. The average molecular weight is 356 g/mol. The summed E-state index contributed by atoms with van der Waals surface area (Å²) in [6.45, 7) is 1.91. The van der Waals surface area contributed by atoms with Crippen LogP contribution in [-0.4, -0.2) is 15.7 Å². The minimum absolute atomic E-state index is 0.154. The van der Waals surface area contributed by atoms with Gasteiger partial charge in [-0.05, 0) is 42.8 Å². The number of amides is 1. The van der Waals surface area contributed by atoms with E-state index >= 15 is 0 Å². The number of benzene rings is 2. The van der Waals surface area contributed by atoms with Crippen molar-refractivity contribution in [2.45, 2.75) is 6.92 Å². The molecule has 0 saturated heterocycles.